The van der Waals surface area contributed by atoms with Gasteiger partial charge in [-0.3, -0.25) is 4.79 Å². The summed E-state index contributed by atoms with van der Waals surface area (Å²) >= 11 is 18.0. The van der Waals surface area contributed by atoms with E-state index in [-0.39, 0.29) is 22.2 Å². The van der Waals surface area contributed by atoms with Crippen LogP contribution in [0.1, 0.15) is 24.2 Å². The molecule has 2 aromatic carbocycles. The monoisotopic (exact) mass is 415 g/mol. The molecule has 0 aromatic heterocycles. The second kappa shape index (κ2) is 9.12. The van der Waals surface area contributed by atoms with Gasteiger partial charge in [-0.15, -0.1) is 0 Å². The molecule has 0 bridgehead atoms. The molecule has 0 saturated heterocycles. The lowest BCUT2D eigenvalue weighted by molar-refractivity contribution is -0.150. The van der Waals surface area contributed by atoms with Crippen molar-refractivity contribution in [2.45, 2.75) is 20.0 Å². The fraction of sp³-hybridized carbons (Fsp3) is 0.222. The summed E-state index contributed by atoms with van der Waals surface area (Å²) in [5, 5.41) is 3.60. The molecule has 8 heteroatoms. The average molecular weight is 417 g/mol. The lowest BCUT2D eigenvalue weighted by Gasteiger charge is -2.15. The number of anilines is 1. The molecule has 2 aromatic rings. The minimum Gasteiger partial charge on any atom is -0.477 e. The van der Waals surface area contributed by atoms with Crippen LogP contribution in [0.25, 0.3) is 0 Å². The van der Waals surface area contributed by atoms with Crippen LogP contribution >= 0.6 is 34.8 Å². The van der Waals surface area contributed by atoms with E-state index in [9.17, 15) is 9.59 Å². The first-order chi connectivity index (χ1) is 12.3. The van der Waals surface area contributed by atoms with Gasteiger partial charge >= 0.3 is 5.97 Å². The molecule has 1 atom stereocenters. The minimum atomic E-state index is -0.805. The number of carbonyl (C=O) groups excluding carboxylic acids is 2. The van der Waals surface area contributed by atoms with Crippen molar-refractivity contribution in [1.29, 1.82) is 0 Å². The van der Waals surface area contributed by atoms with Gasteiger partial charge in [-0.05, 0) is 50.2 Å². The molecule has 1 N–H and O–H groups in total. The van der Waals surface area contributed by atoms with Crippen LogP contribution in [0.15, 0.2) is 36.4 Å². The van der Waals surface area contributed by atoms with Gasteiger partial charge in [0.15, 0.2) is 6.10 Å². The number of benzene rings is 2. The molecule has 138 valence electrons. The van der Waals surface area contributed by atoms with E-state index in [4.69, 9.17) is 44.3 Å². The van der Waals surface area contributed by atoms with Crippen molar-refractivity contribution >= 4 is 52.4 Å². The van der Waals surface area contributed by atoms with Gasteiger partial charge in [-0.25, -0.2) is 4.79 Å². The summed E-state index contributed by atoms with van der Waals surface area (Å²) in [4.78, 5) is 23.9. The van der Waals surface area contributed by atoms with Gasteiger partial charge < -0.3 is 14.8 Å². The molecule has 26 heavy (non-hydrogen) atoms. The number of hydrogen-bond acceptors (Lipinski definition) is 4. The van der Waals surface area contributed by atoms with Crippen LogP contribution in [-0.2, 0) is 9.53 Å². The van der Waals surface area contributed by atoms with E-state index in [1.165, 1.54) is 18.2 Å². The van der Waals surface area contributed by atoms with Crippen molar-refractivity contribution in [3.05, 3.63) is 57.0 Å². The second-order valence-corrected chi connectivity index (χ2v) is 6.49. The SMILES string of the molecule is CCOC(=O)C(C)Oc1ccc(NC(=O)c2ccc(Cl)cc2Cl)cc1Cl. The molecule has 1 unspecified atom stereocenters. The standard InChI is InChI=1S/C18H16Cl3NO4/c1-3-25-18(24)10(2)26-16-7-5-12(9-15(16)21)22-17(23)13-6-4-11(19)8-14(13)20/h4-10H,3H2,1-2H3,(H,22,23). The minimum absolute atomic E-state index is 0.237. The van der Waals surface area contributed by atoms with Gasteiger partial charge in [0.05, 0.1) is 22.2 Å². The highest BCUT2D eigenvalue weighted by Gasteiger charge is 2.18. The first-order valence-electron chi connectivity index (χ1n) is 7.71. The Kier molecular flexibility index (Phi) is 7.14. The van der Waals surface area contributed by atoms with Crippen molar-refractivity contribution in [1.82, 2.24) is 0 Å². The third kappa shape index (κ3) is 5.27. The Bertz CT molecular complexity index is 826. The Labute approximate surface area is 166 Å². The summed E-state index contributed by atoms with van der Waals surface area (Å²) in [7, 11) is 0. The maximum Gasteiger partial charge on any atom is 0.347 e. The fourth-order valence-electron chi connectivity index (χ4n) is 2.04. The number of ether oxygens (including phenoxy) is 2. The average Bonchev–Trinajstić information content (AvgIpc) is 2.57. The zero-order chi connectivity index (χ0) is 19.3. The van der Waals surface area contributed by atoms with Crippen LogP contribution < -0.4 is 10.1 Å². The summed E-state index contributed by atoms with van der Waals surface area (Å²) in [5.41, 5.74) is 0.727. The zero-order valence-electron chi connectivity index (χ0n) is 14.0. The third-order valence-corrected chi connectivity index (χ3v) is 4.13. The van der Waals surface area contributed by atoms with Crippen molar-refractivity contribution in [3.63, 3.8) is 0 Å². The lowest BCUT2D eigenvalue weighted by Crippen LogP contribution is -2.26. The zero-order valence-corrected chi connectivity index (χ0v) is 16.3. The highest BCUT2D eigenvalue weighted by molar-refractivity contribution is 6.37. The smallest absolute Gasteiger partial charge is 0.347 e. The van der Waals surface area contributed by atoms with Crippen LogP contribution in [0.2, 0.25) is 15.1 Å². The molecule has 0 spiro atoms. The molecule has 0 aliphatic heterocycles. The quantitative estimate of drug-likeness (QED) is 0.655. The van der Waals surface area contributed by atoms with Crippen LogP contribution in [0.3, 0.4) is 0 Å². The Hall–Kier alpha value is -1.95. The molecule has 0 aliphatic carbocycles. The van der Waals surface area contributed by atoms with Crippen molar-refractivity contribution in [2.75, 3.05) is 11.9 Å². The van der Waals surface area contributed by atoms with Crippen molar-refractivity contribution in [3.8, 4) is 5.75 Å². The molecule has 2 rings (SSSR count). The van der Waals surface area contributed by atoms with Crippen LogP contribution in [0.4, 0.5) is 5.69 Å². The normalized spacial score (nSPS) is 11.6. The summed E-state index contributed by atoms with van der Waals surface area (Å²) in [6.07, 6.45) is -0.805. The number of amides is 1. The van der Waals surface area contributed by atoms with Gasteiger partial charge in [0.25, 0.3) is 5.91 Å². The van der Waals surface area contributed by atoms with E-state index in [0.717, 1.165) is 0 Å². The molecule has 0 heterocycles. The molecule has 0 radical (unpaired) electrons. The Balaban J connectivity index is 2.09. The fourth-order valence-corrected chi connectivity index (χ4v) is 2.76. The number of rotatable bonds is 6. The lowest BCUT2D eigenvalue weighted by atomic mass is 10.2. The summed E-state index contributed by atoms with van der Waals surface area (Å²) < 4.78 is 10.4. The third-order valence-electron chi connectivity index (χ3n) is 3.29. The van der Waals surface area contributed by atoms with E-state index in [2.05, 4.69) is 5.32 Å². The molecule has 0 aliphatic rings. The summed E-state index contributed by atoms with van der Waals surface area (Å²) in [6, 6.07) is 9.25. The molecule has 0 fully saturated rings. The molecule has 0 saturated carbocycles. The molecule has 5 nitrogen and oxygen atoms in total. The Morgan fingerprint density at radius 1 is 1.08 bits per heavy atom. The first kappa shape index (κ1) is 20.4. The number of halogens is 3. The van der Waals surface area contributed by atoms with Crippen LogP contribution in [0.5, 0.6) is 5.75 Å². The number of hydrogen-bond donors (Lipinski definition) is 1. The Morgan fingerprint density at radius 2 is 1.81 bits per heavy atom. The number of nitrogens with one attached hydrogen (secondary N) is 1. The number of carbonyl (C=O) groups is 2. The largest absolute Gasteiger partial charge is 0.477 e. The summed E-state index contributed by atoms with van der Waals surface area (Å²) in [6.45, 7) is 3.53. The van der Waals surface area contributed by atoms with Crippen LogP contribution in [0, 0.1) is 0 Å². The Morgan fingerprint density at radius 3 is 2.42 bits per heavy atom. The molecular formula is C18H16Cl3NO4. The van der Waals surface area contributed by atoms with Crippen molar-refractivity contribution in [2.24, 2.45) is 0 Å². The van der Waals surface area contributed by atoms with Gasteiger partial charge in [0.2, 0.25) is 0 Å². The highest BCUT2D eigenvalue weighted by atomic mass is 35.5. The number of esters is 1. The summed E-state index contributed by atoms with van der Waals surface area (Å²) in [5.74, 6) is -0.593. The molecular weight excluding hydrogens is 401 g/mol. The van der Waals surface area contributed by atoms with Gasteiger partial charge in [0.1, 0.15) is 5.75 Å². The predicted molar refractivity (Wildman–Crippen MR) is 103 cm³/mol. The topological polar surface area (TPSA) is 64.6 Å². The van der Waals surface area contributed by atoms with E-state index in [1.807, 2.05) is 0 Å². The van der Waals surface area contributed by atoms with E-state index in [0.29, 0.717) is 16.5 Å². The first-order valence-corrected chi connectivity index (χ1v) is 8.84. The maximum absolute atomic E-state index is 12.3. The van der Waals surface area contributed by atoms with Gasteiger partial charge in [-0.1, -0.05) is 34.8 Å². The van der Waals surface area contributed by atoms with Gasteiger partial charge in [0, 0.05) is 10.7 Å². The predicted octanol–water partition coefficient (Wildman–Crippen LogP) is 5.23. The molecule has 1 amide bonds. The maximum atomic E-state index is 12.3. The highest BCUT2D eigenvalue weighted by Crippen LogP contribution is 2.29. The van der Waals surface area contributed by atoms with Gasteiger partial charge in [-0.2, -0.15) is 0 Å². The second-order valence-electron chi connectivity index (χ2n) is 5.24. The van der Waals surface area contributed by atoms with E-state index in [1.54, 1.807) is 32.0 Å². The van der Waals surface area contributed by atoms with E-state index >= 15 is 0 Å². The van der Waals surface area contributed by atoms with E-state index < -0.39 is 18.0 Å². The van der Waals surface area contributed by atoms with Crippen LogP contribution in [-0.4, -0.2) is 24.6 Å². The van der Waals surface area contributed by atoms with Crippen molar-refractivity contribution < 1.29 is 19.1 Å².